The van der Waals surface area contributed by atoms with Crippen LogP contribution in [-0.4, -0.2) is 31.5 Å². The van der Waals surface area contributed by atoms with Gasteiger partial charge in [-0.15, -0.1) is 0 Å². The first-order chi connectivity index (χ1) is 16.7. The molecule has 168 valence electrons. The lowest BCUT2D eigenvalue weighted by atomic mass is 9.92. The number of phenolic OH excluding ortho intramolecular Hbond substituents is 1. The Hall–Kier alpha value is -3.96. The molecule has 1 aliphatic rings. The Morgan fingerprint density at radius 1 is 0.971 bits per heavy atom. The predicted molar refractivity (Wildman–Crippen MR) is 135 cm³/mol. The Labute approximate surface area is 198 Å². The number of fused-ring (bicyclic) bond motifs is 3. The third kappa shape index (κ3) is 3.64. The zero-order valence-corrected chi connectivity index (χ0v) is 19.1. The summed E-state index contributed by atoms with van der Waals surface area (Å²) in [6.07, 6.45) is 4.85. The summed E-state index contributed by atoms with van der Waals surface area (Å²) >= 11 is 0. The van der Waals surface area contributed by atoms with Crippen LogP contribution in [0.25, 0.3) is 22.3 Å². The highest BCUT2D eigenvalue weighted by Gasteiger charge is 2.32. The van der Waals surface area contributed by atoms with Gasteiger partial charge in [-0.3, -0.25) is 4.90 Å². The fourth-order valence-corrected chi connectivity index (χ4v) is 5.17. The van der Waals surface area contributed by atoms with Crippen molar-refractivity contribution in [3.05, 3.63) is 113 Å². The Balaban J connectivity index is 1.36. The van der Waals surface area contributed by atoms with Gasteiger partial charge in [0, 0.05) is 53.2 Å². The number of rotatable bonds is 4. The molecule has 6 rings (SSSR count). The molecule has 1 atom stereocenters. The van der Waals surface area contributed by atoms with Gasteiger partial charge in [-0.25, -0.2) is 9.97 Å². The first kappa shape index (κ1) is 20.6. The van der Waals surface area contributed by atoms with Crippen molar-refractivity contribution in [3.63, 3.8) is 0 Å². The van der Waals surface area contributed by atoms with Crippen LogP contribution >= 0.6 is 0 Å². The molecule has 0 fully saturated rings. The van der Waals surface area contributed by atoms with E-state index in [0.29, 0.717) is 0 Å². The van der Waals surface area contributed by atoms with Gasteiger partial charge >= 0.3 is 0 Å². The van der Waals surface area contributed by atoms with Gasteiger partial charge in [-0.1, -0.05) is 54.6 Å². The third-order valence-electron chi connectivity index (χ3n) is 6.80. The minimum Gasteiger partial charge on any atom is -0.508 e. The summed E-state index contributed by atoms with van der Waals surface area (Å²) in [6.45, 7) is 3.72. The summed E-state index contributed by atoms with van der Waals surface area (Å²) in [5, 5.41) is 11.5. The summed E-state index contributed by atoms with van der Waals surface area (Å²) in [4.78, 5) is 15.5. The molecule has 0 amide bonds. The van der Waals surface area contributed by atoms with Gasteiger partial charge in [-0.05, 0) is 48.2 Å². The minimum atomic E-state index is 0.0132. The van der Waals surface area contributed by atoms with Crippen molar-refractivity contribution in [3.8, 4) is 17.1 Å². The molecular formula is C29H26N4O. The van der Waals surface area contributed by atoms with Crippen molar-refractivity contribution in [2.45, 2.75) is 25.9 Å². The normalized spacial score (nSPS) is 16.0. The van der Waals surface area contributed by atoms with Gasteiger partial charge in [0.2, 0.25) is 0 Å². The SMILES string of the molecule is Cc1ccccc1-c1ncc(CN2CCc3c([nH]c4ccccc34)C2c2cccc(O)c2)cn1. The van der Waals surface area contributed by atoms with Gasteiger partial charge < -0.3 is 10.1 Å². The molecule has 3 aromatic carbocycles. The number of hydrogen-bond acceptors (Lipinski definition) is 4. The Bertz CT molecular complexity index is 1470. The molecule has 0 saturated heterocycles. The minimum absolute atomic E-state index is 0.0132. The fraction of sp³-hybridized carbons (Fsp3) is 0.172. The first-order valence-corrected chi connectivity index (χ1v) is 11.7. The molecular weight excluding hydrogens is 420 g/mol. The van der Waals surface area contributed by atoms with Crippen LogP contribution in [0.5, 0.6) is 5.75 Å². The van der Waals surface area contributed by atoms with Crippen molar-refractivity contribution in [1.82, 2.24) is 19.9 Å². The summed E-state index contributed by atoms with van der Waals surface area (Å²) in [6, 6.07) is 24.3. The Kier molecular flexibility index (Phi) is 5.12. The molecule has 2 N–H and O–H groups in total. The molecule has 3 heterocycles. The lowest BCUT2D eigenvalue weighted by molar-refractivity contribution is 0.201. The Morgan fingerprint density at radius 2 is 1.76 bits per heavy atom. The maximum absolute atomic E-state index is 10.2. The summed E-state index contributed by atoms with van der Waals surface area (Å²) < 4.78 is 0. The molecule has 0 radical (unpaired) electrons. The number of phenols is 1. The second-order valence-electron chi connectivity index (χ2n) is 9.01. The highest BCUT2D eigenvalue weighted by molar-refractivity contribution is 5.85. The Morgan fingerprint density at radius 3 is 2.59 bits per heavy atom. The maximum atomic E-state index is 10.2. The standard InChI is InChI=1S/C29H26N4O/c1-19-7-2-3-10-23(19)29-30-16-20(17-31-29)18-33-14-13-25-24-11-4-5-12-26(24)32-27(25)28(33)21-8-6-9-22(34)15-21/h2-12,15-17,28,32,34H,13-14,18H2,1H3. The van der Waals surface area contributed by atoms with Crippen molar-refractivity contribution in [2.24, 2.45) is 0 Å². The highest BCUT2D eigenvalue weighted by atomic mass is 16.3. The molecule has 1 aliphatic heterocycles. The number of para-hydroxylation sites is 1. The number of aryl methyl sites for hydroxylation is 1. The van der Waals surface area contributed by atoms with Crippen LogP contribution in [0.2, 0.25) is 0 Å². The number of nitrogens with zero attached hydrogens (tertiary/aromatic N) is 3. The van der Waals surface area contributed by atoms with Crippen LogP contribution in [0.1, 0.15) is 34.0 Å². The molecule has 2 aromatic heterocycles. The van der Waals surface area contributed by atoms with Crippen molar-refractivity contribution < 1.29 is 5.11 Å². The van der Waals surface area contributed by atoms with E-state index >= 15 is 0 Å². The monoisotopic (exact) mass is 446 g/mol. The van der Waals surface area contributed by atoms with E-state index in [-0.39, 0.29) is 11.8 Å². The number of hydrogen-bond donors (Lipinski definition) is 2. The zero-order chi connectivity index (χ0) is 23.1. The van der Waals surface area contributed by atoms with Crippen molar-refractivity contribution in [1.29, 1.82) is 0 Å². The molecule has 5 heteroatoms. The van der Waals surface area contributed by atoms with Crippen LogP contribution in [0.4, 0.5) is 0 Å². The van der Waals surface area contributed by atoms with E-state index in [9.17, 15) is 5.11 Å². The van der Waals surface area contributed by atoms with Crippen molar-refractivity contribution >= 4 is 10.9 Å². The largest absolute Gasteiger partial charge is 0.508 e. The lowest BCUT2D eigenvalue weighted by Crippen LogP contribution is -2.35. The van der Waals surface area contributed by atoms with Gasteiger partial charge in [0.05, 0.1) is 6.04 Å². The van der Waals surface area contributed by atoms with Crippen molar-refractivity contribution in [2.75, 3.05) is 6.54 Å². The second kappa shape index (κ2) is 8.43. The van der Waals surface area contributed by atoms with Crippen LogP contribution in [0.3, 0.4) is 0 Å². The molecule has 34 heavy (non-hydrogen) atoms. The average Bonchev–Trinajstić information content (AvgIpc) is 3.23. The van der Waals surface area contributed by atoms with Gasteiger partial charge in [0.15, 0.2) is 5.82 Å². The molecule has 0 spiro atoms. The molecule has 1 unspecified atom stereocenters. The summed E-state index contributed by atoms with van der Waals surface area (Å²) in [5.41, 5.74) is 8.10. The topological polar surface area (TPSA) is 65.0 Å². The number of benzene rings is 3. The quantitative estimate of drug-likeness (QED) is 0.367. The van der Waals surface area contributed by atoms with E-state index in [4.69, 9.17) is 0 Å². The summed E-state index contributed by atoms with van der Waals surface area (Å²) in [7, 11) is 0. The van der Waals surface area contributed by atoms with Gasteiger partial charge in [-0.2, -0.15) is 0 Å². The molecule has 0 bridgehead atoms. The van der Waals surface area contributed by atoms with E-state index < -0.39 is 0 Å². The van der Waals surface area contributed by atoms with E-state index in [0.717, 1.165) is 47.5 Å². The lowest BCUT2D eigenvalue weighted by Gasteiger charge is -2.36. The number of aromatic amines is 1. The predicted octanol–water partition coefficient (Wildman–Crippen LogP) is 5.79. The zero-order valence-electron chi connectivity index (χ0n) is 19.1. The number of H-pyrrole nitrogens is 1. The summed E-state index contributed by atoms with van der Waals surface area (Å²) in [5.74, 6) is 1.04. The van der Waals surface area contributed by atoms with Crippen LogP contribution in [0, 0.1) is 6.92 Å². The second-order valence-corrected chi connectivity index (χ2v) is 9.01. The number of aromatic hydroxyl groups is 1. The molecule has 0 saturated carbocycles. The van der Waals surface area contributed by atoms with E-state index in [1.165, 1.54) is 22.2 Å². The molecule has 5 nitrogen and oxygen atoms in total. The third-order valence-corrected chi connectivity index (χ3v) is 6.80. The highest BCUT2D eigenvalue weighted by Crippen LogP contribution is 2.39. The fourth-order valence-electron chi connectivity index (χ4n) is 5.17. The van der Waals surface area contributed by atoms with Crippen LogP contribution in [0.15, 0.2) is 85.2 Å². The number of aromatic nitrogens is 3. The number of nitrogens with one attached hydrogen (secondary N) is 1. The average molecular weight is 447 g/mol. The van der Waals surface area contributed by atoms with Gasteiger partial charge in [0.1, 0.15) is 5.75 Å². The van der Waals surface area contributed by atoms with E-state index in [1.54, 1.807) is 6.07 Å². The smallest absolute Gasteiger partial charge is 0.159 e. The molecule has 0 aliphatic carbocycles. The first-order valence-electron chi connectivity index (χ1n) is 11.7. The van der Waals surface area contributed by atoms with Crippen LogP contribution in [-0.2, 0) is 13.0 Å². The van der Waals surface area contributed by atoms with E-state index in [2.05, 4.69) is 69.2 Å². The van der Waals surface area contributed by atoms with Crippen LogP contribution < -0.4 is 0 Å². The maximum Gasteiger partial charge on any atom is 0.159 e. The van der Waals surface area contributed by atoms with Gasteiger partial charge in [0.25, 0.3) is 0 Å². The van der Waals surface area contributed by atoms with E-state index in [1.807, 2.05) is 36.7 Å². The molecule has 5 aromatic rings.